The van der Waals surface area contributed by atoms with Crippen molar-refractivity contribution >= 4 is 11.0 Å². The molecule has 2 N–H and O–H groups in total. The highest BCUT2D eigenvalue weighted by atomic mass is 15.1. The van der Waals surface area contributed by atoms with Gasteiger partial charge in [0.05, 0.1) is 11.0 Å². The predicted molar refractivity (Wildman–Crippen MR) is 83.7 cm³/mol. The number of hydrogen-bond acceptors (Lipinski definition) is 2. The Hall–Kier alpha value is -1.35. The van der Waals surface area contributed by atoms with Crippen molar-refractivity contribution in [2.24, 2.45) is 11.1 Å². The molecule has 1 heterocycles. The summed E-state index contributed by atoms with van der Waals surface area (Å²) in [5.74, 6) is 1.22. The maximum Gasteiger partial charge on any atom is 0.110 e. The zero-order valence-corrected chi connectivity index (χ0v) is 12.4. The van der Waals surface area contributed by atoms with Crippen molar-refractivity contribution < 1.29 is 0 Å². The molecular formula is C17H25N3. The van der Waals surface area contributed by atoms with Crippen molar-refractivity contribution in [1.29, 1.82) is 0 Å². The Kier molecular flexibility index (Phi) is 3.79. The van der Waals surface area contributed by atoms with E-state index < -0.39 is 0 Å². The first-order valence-electron chi connectivity index (χ1n) is 7.92. The summed E-state index contributed by atoms with van der Waals surface area (Å²) in [5, 5.41) is 0. The van der Waals surface area contributed by atoms with Gasteiger partial charge in [0.25, 0.3) is 0 Å². The number of nitrogens with zero attached hydrogens (tertiary/aromatic N) is 2. The van der Waals surface area contributed by atoms with Gasteiger partial charge in [-0.1, -0.05) is 31.4 Å². The van der Waals surface area contributed by atoms with Crippen LogP contribution < -0.4 is 5.73 Å². The molecule has 3 nitrogen and oxygen atoms in total. The Morgan fingerprint density at radius 2 is 1.95 bits per heavy atom. The third kappa shape index (κ3) is 2.35. The molecule has 0 bridgehead atoms. The second-order valence-corrected chi connectivity index (χ2v) is 6.20. The van der Waals surface area contributed by atoms with E-state index in [9.17, 15) is 0 Å². The number of hydrogen-bond donors (Lipinski definition) is 1. The van der Waals surface area contributed by atoms with Crippen LogP contribution in [0.1, 0.15) is 44.9 Å². The molecule has 0 saturated heterocycles. The molecule has 0 amide bonds. The Balaban J connectivity index is 1.97. The molecule has 2 aromatic rings. The van der Waals surface area contributed by atoms with Gasteiger partial charge in [-0.3, -0.25) is 0 Å². The van der Waals surface area contributed by atoms with Gasteiger partial charge in [-0.2, -0.15) is 0 Å². The van der Waals surface area contributed by atoms with Crippen LogP contribution in [0.2, 0.25) is 0 Å². The quantitative estimate of drug-likeness (QED) is 0.924. The van der Waals surface area contributed by atoms with Crippen molar-refractivity contribution in [1.82, 2.24) is 9.55 Å². The normalized spacial score (nSPS) is 18.5. The van der Waals surface area contributed by atoms with E-state index in [4.69, 9.17) is 10.7 Å². The molecular weight excluding hydrogens is 246 g/mol. The van der Waals surface area contributed by atoms with Gasteiger partial charge in [0.2, 0.25) is 0 Å². The summed E-state index contributed by atoms with van der Waals surface area (Å²) in [6.45, 7) is 3.98. The molecule has 108 valence electrons. The zero-order chi connectivity index (χ0) is 14.0. The van der Waals surface area contributed by atoms with Crippen LogP contribution in [0.3, 0.4) is 0 Å². The number of benzene rings is 1. The summed E-state index contributed by atoms with van der Waals surface area (Å²) >= 11 is 0. The maximum absolute atomic E-state index is 6.13. The molecule has 1 fully saturated rings. The molecule has 1 aromatic carbocycles. The number of aromatic nitrogens is 2. The minimum Gasteiger partial charge on any atom is -0.330 e. The number of fused-ring (bicyclic) bond motifs is 1. The van der Waals surface area contributed by atoms with E-state index in [1.807, 2.05) is 0 Å². The first-order chi connectivity index (χ1) is 9.78. The van der Waals surface area contributed by atoms with Gasteiger partial charge < -0.3 is 10.3 Å². The van der Waals surface area contributed by atoms with Crippen LogP contribution in [0.25, 0.3) is 11.0 Å². The van der Waals surface area contributed by atoms with E-state index in [0.29, 0.717) is 0 Å². The third-order valence-electron chi connectivity index (χ3n) is 4.93. The smallest absolute Gasteiger partial charge is 0.110 e. The summed E-state index contributed by atoms with van der Waals surface area (Å²) in [6.07, 6.45) is 7.57. The summed E-state index contributed by atoms with van der Waals surface area (Å²) in [5.41, 5.74) is 8.79. The van der Waals surface area contributed by atoms with Crippen LogP contribution in [0.5, 0.6) is 0 Å². The maximum atomic E-state index is 6.13. The Labute approximate surface area is 121 Å². The van der Waals surface area contributed by atoms with Crippen LogP contribution in [0.15, 0.2) is 24.3 Å². The van der Waals surface area contributed by atoms with Gasteiger partial charge in [0, 0.05) is 13.0 Å². The molecule has 3 rings (SSSR count). The highest BCUT2D eigenvalue weighted by molar-refractivity contribution is 5.75. The zero-order valence-electron chi connectivity index (χ0n) is 12.4. The lowest BCUT2D eigenvalue weighted by molar-refractivity contribution is 0.192. The van der Waals surface area contributed by atoms with Crippen LogP contribution >= 0.6 is 0 Å². The van der Waals surface area contributed by atoms with E-state index in [2.05, 4.69) is 35.8 Å². The van der Waals surface area contributed by atoms with Crippen LogP contribution in [0, 0.1) is 5.41 Å². The highest BCUT2D eigenvalue weighted by Gasteiger charge is 2.32. The van der Waals surface area contributed by atoms with E-state index in [0.717, 1.165) is 25.0 Å². The Morgan fingerprint density at radius 3 is 2.65 bits per heavy atom. The average Bonchev–Trinajstić information content (AvgIpc) is 2.85. The topological polar surface area (TPSA) is 43.8 Å². The van der Waals surface area contributed by atoms with Crippen molar-refractivity contribution in [3.05, 3.63) is 30.1 Å². The van der Waals surface area contributed by atoms with Gasteiger partial charge in [0.15, 0.2) is 0 Å². The fourth-order valence-corrected chi connectivity index (χ4v) is 3.70. The van der Waals surface area contributed by atoms with Crippen LogP contribution in [-0.2, 0) is 13.0 Å². The molecule has 1 aliphatic carbocycles. The van der Waals surface area contributed by atoms with Gasteiger partial charge in [-0.25, -0.2) is 4.98 Å². The lowest BCUT2D eigenvalue weighted by Gasteiger charge is -2.36. The molecule has 0 atom stereocenters. The number of imidazole rings is 1. The van der Waals surface area contributed by atoms with E-state index >= 15 is 0 Å². The molecule has 0 aliphatic heterocycles. The summed E-state index contributed by atoms with van der Waals surface area (Å²) in [4.78, 5) is 4.88. The molecule has 0 unspecified atom stereocenters. The largest absolute Gasteiger partial charge is 0.330 e. The Bertz CT molecular complexity index is 579. The molecule has 3 heteroatoms. The number of aryl methyl sites for hydroxylation is 1. The highest BCUT2D eigenvalue weighted by Crippen LogP contribution is 2.38. The second kappa shape index (κ2) is 5.57. The van der Waals surface area contributed by atoms with E-state index in [1.54, 1.807) is 0 Å². The predicted octanol–water partition coefficient (Wildman–Crippen LogP) is 3.51. The van der Waals surface area contributed by atoms with Gasteiger partial charge in [0.1, 0.15) is 5.82 Å². The monoisotopic (exact) mass is 271 g/mol. The molecule has 1 aromatic heterocycles. The van der Waals surface area contributed by atoms with Crippen LogP contribution in [-0.4, -0.2) is 16.1 Å². The van der Waals surface area contributed by atoms with Crippen molar-refractivity contribution in [2.45, 2.75) is 52.0 Å². The molecule has 0 spiro atoms. The molecule has 1 aliphatic rings. The fraction of sp³-hybridized carbons (Fsp3) is 0.588. The first-order valence-corrected chi connectivity index (χ1v) is 7.92. The average molecular weight is 271 g/mol. The summed E-state index contributed by atoms with van der Waals surface area (Å²) < 4.78 is 2.36. The first kappa shape index (κ1) is 13.6. The number of para-hydroxylation sites is 2. The molecule has 20 heavy (non-hydrogen) atoms. The Morgan fingerprint density at radius 1 is 1.20 bits per heavy atom. The summed E-state index contributed by atoms with van der Waals surface area (Å²) in [6, 6.07) is 8.45. The fourth-order valence-electron chi connectivity index (χ4n) is 3.70. The minimum atomic E-state index is 0.284. The van der Waals surface area contributed by atoms with Gasteiger partial charge in [-0.15, -0.1) is 0 Å². The standard InChI is InChI=1S/C17H25N3/c1-2-20-15-9-5-4-8-14(15)19-16(20)12-17(13-18)10-6-3-7-11-17/h4-5,8-9H,2-3,6-7,10-13,18H2,1H3. The SMILES string of the molecule is CCn1c(CC2(CN)CCCCC2)nc2ccccc21. The third-order valence-corrected chi connectivity index (χ3v) is 4.93. The lowest BCUT2D eigenvalue weighted by atomic mass is 9.71. The lowest BCUT2D eigenvalue weighted by Crippen LogP contribution is -2.35. The molecule has 0 radical (unpaired) electrons. The van der Waals surface area contributed by atoms with Gasteiger partial charge >= 0.3 is 0 Å². The number of nitrogens with two attached hydrogens (primary N) is 1. The van der Waals surface area contributed by atoms with E-state index in [1.165, 1.54) is 43.4 Å². The van der Waals surface area contributed by atoms with Crippen molar-refractivity contribution in [3.63, 3.8) is 0 Å². The van der Waals surface area contributed by atoms with Crippen molar-refractivity contribution in [3.8, 4) is 0 Å². The summed E-state index contributed by atoms with van der Waals surface area (Å²) in [7, 11) is 0. The minimum absolute atomic E-state index is 0.284. The molecule has 1 saturated carbocycles. The number of rotatable bonds is 4. The van der Waals surface area contributed by atoms with E-state index in [-0.39, 0.29) is 5.41 Å². The van der Waals surface area contributed by atoms with Gasteiger partial charge in [-0.05, 0) is 43.9 Å². The van der Waals surface area contributed by atoms with Crippen LogP contribution in [0.4, 0.5) is 0 Å². The second-order valence-electron chi connectivity index (χ2n) is 6.20. The van der Waals surface area contributed by atoms with Crippen molar-refractivity contribution in [2.75, 3.05) is 6.54 Å².